The van der Waals surface area contributed by atoms with Crippen molar-refractivity contribution in [2.45, 2.75) is 69.2 Å². The second kappa shape index (κ2) is 7.00. The lowest BCUT2D eigenvalue weighted by molar-refractivity contribution is 0.420. The fourth-order valence-electron chi connectivity index (χ4n) is 3.88. The van der Waals surface area contributed by atoms with Crippen LogP contribution in [-0.4, -0.2) is 17.0 Å². The first-order valence-corrected chi connectivity index (χ1v) is 9.39. The first kappa shape index (κ1) is 14.5. The van der Waals surface area contributed by atoms with Crippen LogP contribution in [0.5, 0.6) is 0 Å². The Bertz CT molecular complexity index is 431. The fraction of sp³-hybridized carbons (Fsp3) is 0.667. The number of benzene rings is 1. The molecule has 1 nitrogen and oxygen atoms in total. The highest BCUT2D eigenvalue weighted by Gasteiger charge is 2.30. The van der Waals surface area contributed by atoms with Crippen LogP contribution in [0, 0.1) is 0 Å². The van der Waals surface area contributed by atoms with Crippen molar-refractivity contribution in [2.24, 2.45) is 0 Å². The monoisotopic (exact) mass is 289 g/mol. The lowest BCUT2D eigenvalue weighted by Crippen LogP contribution is -2.37. The van der Waals surface area contributed by atoms with Crippen LogP contribution < -0.4 is 5.32 Å². The summed E-state index contributed by atoms with van der Waals surface area (Å²) in [6, 6.07) is 10.4. The molecular formula is C18H27NS. The van der Waals surface area contributed by atoms with Gasteiger partial charge in [0.15, 0.2) is 0 Å². The van der Waals surface area contributed by atoms with Crippen LogP contribution in [0.3, 0.4) is 0 Å². The highest BCUT2D eigenvalue weighted by Crippen LogP contribution is 2.34. The smallest absolute Gasteiger partial charge is 0.0325 e. The number of hydrogen-bond acceptors (Lipinski definition) is 2. The molecule has 2 heteroatoms. The Morgan fingerprint density at radius 2 is 2.00 bits per heavy atom. The molecule has 0 aliphatic heterocycles. The van der Waals surface area contributed by atoms with E-state index in [2.05, 4.69) is 48.3 Å². The zero-order valence-corrected chi connectivity index (χ0v) is 13.4. The van der Waals surface area contributed by atoms with Crippen molar-refractivity contribution in [3.8, 4) is 0 Å². The van der Waals surface area contributed by atoms with E-state index in [1.165, 1.54) is 50.7 Å². The van der Waals surface area contributed by atoms with Crippen LogP contribution in [0.1, 0.15) is 62.6 Å². The third kappa shape index (κ3) is 3.23. The van der Waals surface area contributed by atoms with E-state index in [1.54, 1.807) is 11.1 Å². The van der Waals surface area contributed by atoms with Gasteiger partial charge in [-0.3, -0.25) is 0 Å². The molecule has 110 valence electrons. The Morgan fingerprint density at radius 3 is 2.90 bits per heavy atom. The molecule has 1 aromatic carbocycles. The van der Waals surface area contributed by atoms with Crippen LogP contribution in [0.15, 0.2) is 24.3 Å². The van der Waals surface area contributed by atoms with Crippen molar-refractivity contribution in [3.05, 3.63) is 35.4 Å². The third-order valence-electron chi connectivity index (χ3n) is 4.87. The maximum atomic E-state index is 4.03. The van der Waals surface area contributed by atoms with E-state index >= 15 is 0 Å². The summed E-state index contributed by atoms with van der Waals surface area (Å²) >= 11 is 2.16. The predicted molar refractivity (Wildman–Crippen MR) is 89.4 cm³/mol. The topological polar surface area (TPSA) is 12.0 Å². The van der Waals surface area contributed by atoms with Gasteiger partial charge in [-0.25, -0.2) is 0 Å². The van der Waals surface area contributed by atoms with Crippen molar-refractivity contribution in [3.63, 3.8) is 0 Å². The Hall–Kier alpha value is -0.470. The highest BCUT2D eigenvalue weighted by molar-refractivity contribution is 7.99. The molecule has 1 fully saturated rings. The summed E-state index contributed by atoms with van der Waals surface area (Å²) < 4.78 is 0. The molecule has 2 aliphatic rings. The van der Waals surface area contributed by atoms with Gasteiger partial charge >= 0.3 is 0 Å². The van der Waals surface area contributed by atoms with Gasteiger partial charge in [-0.05, 0) is 49.0 Å². The maximum Gasteiger partial charge on any atom is 0.0325 e. The second-order valence-corrected chi connectivity index (χ2v) is 7.71. The zero-order chi connectivity index (χ0) is 13.8. The first-order valence-electron chi connectivity index (χ1n) is 8.34. The number of hydrogen-bond donors (Lipinski definition) is 1. The van der Waals surface area contributed by atoms with Gasteiger partial charge in [-0.15, -0.1) is 0 Å². The SMILES string of the molecule is CCSC1CCCC1NC1CCCCc2ccccc21. The van der Waals surface area contributed by atoms with Gasteiger partial charge < -0.3 is 5.32 Å². The standard InChI is InChI=1S/C18H27NS/c1-2-20-18-13-7-12-17(18)19-16-11-6-4-9-14-8-3-5-10-15(14)16/h3,5,8,10,16-19H,2,4,6-7,9,11-13H2,1H3. The number of rotatable bonds is 4. The maximum absolute atomic E-state index is 4.03. The largest absolute Gasteiger partial charge is 0.306 e. The molecule has 0 heterocycles. The predicted octanol–water partition coefficient (Wildman–Crippen LogP) is 4.72. The van der Waals surface area contributed by atoms with E-state index in [1.807, 2.05) is 0 Å². The summed E-state index contributed by atoms with van der Waals surface area (Å²) in [6.07, 6.45) is 9.49. The Morgan fingerprint density at radius 1 is 1.10 bits per heavy atom. The van der Waals surface area contributed by atoms with E-state index in [4.69, 9.17) is 0 Å². The molecule has 1 N–H and O–H groups in total. The molecule has 0 saturated heterocycles. The van der Waals surface area contributed by atoms with E-state index in [9.17, 15) is 0 Å². The zero-order valence-electron chi connectivity index (χ0n) is 12.6. The van der Waals surface area contributed by atoms with E-state index in [0.29, 0.717) is 6.04 Å². The highest BCUT2D eigenvalue weighted by atomic mass is 32.2. The van der Waals surface area contributed by atoms with E-state index in [-0.39, 0.29) is 0 Å². The third-order valence-corrected chi connectivity index (χ3v) is 6.19. The van der Waals surface area contributed by atoms with Crippen LogP contribution in [0.4, 0.5) is 0 Å². The van der Waals surface area contributed by atoms with Crippen LogP contribution in [-0.2, 0) is 6.42 Å². The van der Waals surface area contributed by atoms with Gasteiger partial charge in [0.1, 0.15) is 0 Å². The van der Waals surface area contributed by atoms with E-state index < -0.39 is 0 Å². The second-order valence-electron chi connectivity index (χ2n) is 6.20. The number of fused-ring (bicyclic) bond motifs is 1. The molecule has 3 unspecified atom stereocenters. The number of aryl methyl sites for hydroxylation is 1. The minimum Gasteiger partial charge on any atom is -0.306 e. The molecule has 0 radical (unpaired) electrons. The molecule has 0 amide bonds. The number of thioether (sulfide) groups is 1. The molecule has 1 saturated carbocycles. The average Bonchev–Trinajstić information content (AvgIpc) is 2.80. The first-order chi connectivity index (χ1) is 9.88. The molecular weight excluding hydrogens is 262 g/mol. The summed E-state index contributed by atoms with van der Waals surface area (Å²) in [5.41, 5.74) is 3.16. The van der Waals surface area contributed by atoms with Crippen molar-refractivity contribution >= 4 is 11.8 Å². The molecule has 2 aliphatic carbocycles. The molecule has 0 bridgehead atoms. The lowest BCUT2D eigenvalue weighted by atomic mass is 9.98. The van der Waals surface area contributed by atoms with Crippen molar-refractivity contribution < 1.29 is 0 Å². The van der Waals surface area contributed by atoms with Gasteiger partial charge in [-0.1, -0.05) is 44.0 Å². The Balaban J connectivity index is 1.73. The van der Waals surface area contributed by atoms with Crippen molar-refractivity contribution in [1.82, 2.24) is 5.32 Å². The molecule has 3 atom stereocenters. The molecule has 0 spiro atoms. The van der Waals surface area contributed by atoms with Gasteiger partial charge in [0, 0.05) is 17.3 Å². The minimum absolute atomic E-state index is 0.594. The summed E-state index contributed by atoms with van der Waals surface area (Å²) in [5.74, 6) is 1.25. The van der Waals surface area contributed by atoms with Gasteiger partial charge in [-0.2, -0.15) is 11.8 Å². The molecule has 0 aromatic heterocycles. The van der Waals surface area contributed by atoms with Gasteiger partial charge in [0.25, 0.3) is 0 Å². The van der Waals surface area contributed by atoms with Gasteiger partial charge in [0.05, 0.1) is 0 Å². The number of nitrogens with one attached hydrogen (secondary N) is 1. The van der Waals surface area contributed by atoms with E-state index in [0.717, 1.165) is 11.3 Å². The summed E-state index contributed by atoms with van der Waals surface area (Å²) in [5, 5.41) is 4.87. The molecule has 20 heavy (non-hydrogen) atoms. The normalized spacial score (nSPS) is 29.9. The fourth-order valence-corrected chi connectivity index (χ4v) is 5.09. The van der Waals surface area contributed by atoms with Crippen LogP contribution in [0.2, 0.25) is 0 Å². The summed E-state index contributed by atoms with van der Waals surface area (Å²) in [4.78, 5) is 0. The van der Waals surface area contributed by atoms with Crippen molar-refractivity contribution in [1.29, 1.82) is 0 Å². The van der Waals surface area contributed by atoms with Crippen LogP contribution >= 0.6 is 11.8 Å². The lowest BCUT2D eigenvalue weighted by Gasteiger charge is -2.27. The quantitative estimate of drug-likeness (QED) is 0.805. The minimum atomic E-state index is 0.594. The Kier molecular flexibility index (Phi) is 5.06. The van der Waals surface area contributed by atoms with Crippen molar-refractivity contribution in [2.75, 3.05) is 5.75 Å². The Labute approximate surface area is 127 Å². The summed E-state index contributed by atoms with van der Waals surface area (Å²) in [6.45, 7) is 2.29. The molecule has 3 rings (SSSR count). The molecule has 1 aromatic rings. The summed E-state index contributed by atoms with van der Waals surface area (Å²) in [7, 11) is 0. The average molecular weight is 289 g/mol. The van der Waals surface area contributed by atoms with Gasteiger partial charge in [0.2, 0.25) is 0 Å². The van der Waals surface area contributed by atoms with Crippen LogP contribution in [0.25, 0.3) is 0 Å².